The van der Waals surface area contributed by atoms with Crippen LogP contribution in [0.2, 0.25) is 0 Å². The van der Waals surface area contributed by atoms with Gasteiger partial charge in [-0.3, -0.25) is 0 Å². The lowest BCUT2D eigenvalue weighted by Gasteiger charge is -2.18. The lowest BCUT2D eigenvalue weighted by Crippen LogP contribution is -2.18. The molecule has 0 amide bonds. The van der Waals surface area contributed by atoms with Gasteiger partial charge in [-0.1, -0.05) is 6.92 Å². The molecule has 1 aliphatic heterocycles. The Bertz CT molecular complexity index is 358. The summed E-state index contributed by atoms with van der Waals surface area (Å²) < 4.78 is 0. The quantitative estimate of drug-likeness (QED) is 0.804. The summed E-state index contributed by atoms with van der Waals surface area (Å²) in [5, 5.41) is 8.77. The second-order valence-electron chi connectivity index (χ2n) is 4.19. The molecule has 0 spiro atoms. The van der Waals surface area contributed by atoms with E-state index in [2.05, 4.69) is 11.8 Å². The van der Waals surface area contributed by atoms with Crippen molar-refractivity contribution in [1.29, 1.82) is 0 Å². The van der Waals surface area contributed by atoms with E-state index in [0.29, 0.717) is 5.56 Å². The van der Waals surface area contributed by atoms with Crippen LogP contribution in [0, 0.1) is 5.92 Å². The van der Waals surface area contributed by atoms with E-state index >= 15 is 0 Å². The van der Waals surface area contributed by atoms with Gasteiger partial charge in [0.05, 0.1) is 5.56 Å². The fourth-order valence-electron chi connectivity index (χ4n) is 1.98. The molecule has 0 radical (unpaired) electrons. The summed E-state index contributed by atoms with van der Waals surface area (Å²) in [6.07, 6.45) is 1.22. The predicted octanol–water partition coefficient (Wildman–Crippen LogP) is 2.23. The molecular weight excluding hydrogens is 190 g/mol. The molecule has 2 rings (SSSR count). The molecule has 1 fully saturated rings. The zero-order valence-corrected chi connectivity index (χ0v) is 8.81. The molecule has 1 aromatic rings. The van der Waals surface area contributed by atoms with E-state index in [1.807, 2.05) is 12.1 Å². The van der Waals surface area contributed by atoms with Gasteiger partial charge in [-0.05, 0) is 36.6 Å². The number of benzene rings is 1. The van der Waals surface area contributed by atoms with Crippen LogP contribution in [0.1, 0.15) is 23.7 Å². The van der Waals surface area contributed by atoms with Gasteiger partial charge < -0.3 is 10.0 Å². The Morgan fingerprint density at radius 3 is 2.53 bits per heavy atom. The van der Waals surface area contributed by atoms with Crippen molar-refractivity contribution < 1.29 is 9.90 Å². The SMILES string of the molecule is C[C@H]1CCN(c2ccc(C(=O)O)cc2)C1. The first-order valence-corrected chi connectivity index (χ1v) is 5.25. The van der Waals surface area contributed by atoms with Crippen molar-refractivity contribution in [3.05, 3.63) is 29.8 Å². The minimum atomic E-state index is -0.865. The fourth-order valence-corrected chi connectivity index (χ4v) is 1.98. The van der Waals surface area contributed by atoms with Crippen molar-refractivity contribution in [3.63, 3.8) is 0 Å². The summed E-state index contributed by atoms with van der Waals surface area (Å²) in [4.78, 5) is 13.0. The summed E-state index contributed by atoms with van der Waals surface area (Å²) >= 11 is 0. The van der Waals surface area contributed by atoms with Gasteiger partial charge in [0.2, 0.25) is 0 Å². The Labute approximate surface area is 89.3 Å². The van der Waals surface area contributed by atoms with Crippen molar-refractivity contribution in [2.75, 3.05) is 18.0 Å². The van der Waals surface area contributed by atoms with Crippen LogP contribution in [0.5, 0.6) is 0 Å². The first-order chi connectivity index (χ1) is 7.16. The smallest absolute Gasteiger partial charge is 0.335 e. The van der Waals surface area contributed by atoms with E-state index < -0.39 is 5.97 Å². The summed E-state index contributed by atoms with van der Waals surface area (Å²) in [7, 11) is 0. The second-order valence-corrected chi connectivity index (χ2v) is 4.19. The number of hydrogen-bond donors (Lipinski definition) is 1. The molecule has 1 atom stereocenters. The maximum Gasteiger partial charge on any atom is 0.335 e. The first-order valence-electron chi connectivity index (χ1n) is 5.25. The monoisotopic (exact) mass is 205 g/mol. The van der Waals surface area contributed by atoms with Crippen molar-refractivity contribution in [2.24, 2.45) is 5.92 Å². The molecule has 3 heteroatoms. The van der Waals surface area contributed by atoms with Gasteiger partial charge in [0.1, 0.15) is 0 Å². The van der Waals surface area contributed by atoms with Gasteiger partial charge >= 0.3 is 5.97 Å². The van der Waals surface area contributed by atoms with Crippen LogP contribution >= 0.6 is 0 Å². The fraction of sp³-hybridized carbons (Fsp3) is 0.417. The molecule has 1 aliphatic rings. The van der Waals surface area contributed by atoms with Gasteiger partial charge in [-0.2, -0.15) is 0 Å². The Morgan fingerprint density at radius 1 is 1.40 bits per heavy atom. The summed E-state index contributed by atoms with van der Waals surface area (Å²) in [5.74, 6) is -0.125. The Kier molecular flexibility index (Phi) is 2.62. The zero-order valence-electron chi connectivity index (χ0n) is 8.81. The predicted molar refractivity (Wildman–Crippen MR) is 59.4 cm³/mol. The second kappa shape index (κ2) is 3.93. The normalized spacial score (nSPS) is 20.6. The van der Waals surface area contributed by atoms with Gasteiger partial charge in [-0.25, -0.2) is 4.79 Å². The van der Waals surface area contributed by atoms with E-state index in [9.17, 15) is 4.79 Å². The number of rotatable bonds is 2. The number of carbonyl (C=O) groups is 1. The Morgan fingerprint density at radius 2 is 2.07 bits per heavy atom. The first kappa shape index (κ1) is 10.0. The van der Waals surface area contributed by atoms with Crippen LogP contribution in [0.25, 0.3) is 0 Å². The third kappa shape index (κ3) is 2.12. The van der Waals surface area contributed by atoms with Crippen molar-refractivity contribution >= 4 is 11.7 Å². The number of nitrogens with zero attached hydrogens (tertiary/aromatic N) is 1. The molecule has 0 aromatic heterocycles. The molecule has 0 saturated carbocycles. The molecule has 3 nitrogen and oxygen atoms in total. The minimum absolute atomic E-state index is 0.353. The number of anilines is 1. The van der Waals surface area contributed by atoms with Crippen LogP contribution < -0.4 is 4.90 Å². The topological polar surface area (TPSA) is 40.5 Å². The molecule has 1 heterocycles. The van der Waals surface area contributed by atoms with Crippen molar-refractivity contribution in [3.8, 4) is 0 Å². The molecule has 0 aliphatic carbocycles. The van der Waals surface area contributed by atoms with Gasteiger partial charge in [0, 0.05) is 18.8 Å². The Hall–Kier alpha value is -1.51. The highest BCUT2D eigenvalue weighted by molar-refractivity contribution is 5.88. The molecule has 0 bridgehead atoms. The zero-order chi connectivity index (χ0) is 10.8. The average Bonchev–Trinajstić information content (AvgIpc) is 2.65. The number of carboxylic acids is 1. The summed E-state index contributed by atoms with van der Waals surface area (Å²) in [6, 6.07) is 7.12. The van der Waals surface area contributed by atoms with Crippen molar-refractivity contribution in [1.82, 2.24) is 0 Å². The minimum Gasteiger partial charge on any atom is -0.478 e. The van der Waals surface area contributed by atoms with Gasteiger partial charge in [0.15, 0.2) is 0 Å². The highest BCUT2D eigenvalue weighted by atomic mass is 16.4. The van der Waals surface area contributed by atoms with Gasteiger partial charge in [0.25, 0.3) is 0 Å². The van der Waals surface area contributed by atoms with Crippen LogP contribution in [0.3, 0.4) is 0 Å². The number of aromatic carboxylic acids is 1. The third-order valence-corrected chi connectivity index (χ3v) is 2.90. The van der Waals surface area contributed by atoms with Crippen LogP contribution in [-0.2, 0) is 0 Å². The highest BCUT2D eigenvalue weighted by Gasteiger charge is 2.18. The van der Waals surface area contributed by atoms with E-state index in [4.69, 9.17) is 5.11 Å². The molecule has 1 aromatic carbocycles. The third-order valence-electron chi connectivity index (χ3n) is 2.90. The standard InChI is InChI=1S/C12H15NO2/c1-9-6-7-13(8-9)11-4-2-10(3-5-11)12(14)15/h2-5,9H,6-8H2,1H3,(H,14,15)/t9-/m0/s1. The molecule has 15 heavy (non-hydrogen) atoms. The van der Waals surface area contributed by atoms with E-state index in [0.717, 1.165) is 24.7 Å². The van der Waals surface area contributed by atoms with E-state index in [-0.39, 0.29) is 0 Å². The maximum atomic E-state index is 10.7. The lowest BCUT2D eigenvalue weighted by atomic mass is 10.2. The summed E-state index contributed by atoms with van der Waals surface area (Å²) in [5.41, 5.74) is 1.48. The number of carboxylic acid groups (broad SMARTS) is 1. The lowest BCUT2D eigenvalue weighted by molar-refractivity contribution is 0.0697. The molecule has 0 unspecified atom stereocenters. The van der Waals surface area contributed by atoms with Crippen LogP contribution in [0.4, 0.5) is 5.69 Å². The van der Waals surface area contributed by atoms with Crippen LogP contribution in [0.15, 0.2) is 24.3 Å². The highest BCUT2D eigenvalue weighted by Crippen LogP contribution is 2.23. The number of hydrogen-bond acceptors (Lipinski definition) is 2. The molecule has 1 saturated heterocycles. The summed E-state index contributed by atoms with van der Waals surface area (Å²) in [6.45, 7) is 4.39. The van der Waals surface area contributed by atoms with E-state index in [1.54, 1.807) is 12.1 Å². The van der Waals surface area contributed by atoms with Crippen molar-refractivity contribution in [2.45, 2.75) is 13.3 Å². The average molecular weight is 205 g/mol. The molecule has 1 N–H and O–H groups in total. The Balaban J connectivity index is 2.13. The maximum absolute atomic E-state index is 10.7. The molecule has 80 valence electrons. The largest absolute Gasteiger partial charge is 0.478 e. The van der Waals surface area contributed by atoms with Gasteiger partial charge in [-0.15, -0.1) is 0 Å². The van der Waals surface area contributed by atoms with E-state index in [1.165, 1.54) is 6.42 Å². The van der Waals surface area contributed by atoms with Crippen LogP contribution in [-0.4, -0.2) is 24.2 Å². The molecular formula is C12H15NO2.